The van der Waals surface area contributed by atoms with Crippen molar-refractivity contribution in [2.75, 3.05) is 26.2 Å². The number of H-pyrrole nitrogens is 1. The normalized spacial score (nSPS) is 14.8. The zero-order valence-electron chi connectivity index (χ0n) is 14.6. The number of aromatic nitrogens is 1. The van der Waals surface area contributed by atoms with E-state index in [4.69, 9.17) is 0 Å². The summed E-state index contributed by atoms with van der Waals surface area (Å²) in [5.74, 6) is 0.0539. The van der Waals surface area contributed by atoms with Gasteiger partial charge in [-0.05, 0) is 30.3 Å². The van der Waals surface area contributed by atoms with E-state index in [1.54, 1.807) is 35.1 Å². The van der Waals surface area contributed by atoms with E-state index in [-0.39, 0.29) is 11.8 Å². The van der Waals surface area contributed by atoms with Gasteiger partial charge in [0.1, 0.15) is 0 Å². The molecule has 0 saturated carbocycles. The summed E-state index contributed by atoms with van der Waals surface area (Å²) in [5.41, 5.74) is 1.37. The smallest absolute Gasteiger partial charge is 0.255 e. The van der Waals surface area contributed by atoms with E-state index in [1.807, 2.05) is 29.2 Å². The van der Waals surface area contributed by atoms with Crippen LogP contribution in [0.3, 0.4) is 0 Å². The summed E-state index contributed by atoms with van der Waals surface area (Å²) in [6.07, 6.45) is 3.45. The number of hydrogen-bond acceptors (Lipinski definition) is 3. The van der Waals surface area contributed by atoms with E-state index in [9.17, 15) is 9.59 Å². The van der Waals surface area contributed by atoms with Gasteiger partial charge >= 0.3 is 0 Å². The molecule has 1 fully saturated rings. The fourth-order valence-electron chi connectivity index (χ4n) is 2.88. The molecule has 0 bridgehead atoms. The average molecular weight is 357 g/mol. The Balaban J connectivity index is 1.57. The minimum atomic E-state index is 0.0170. The lowest BCUT2D eigenvalue weighted by atomic mass is 10.1. The number of hydrogen-bond donors (Lipinski definition) is 1. The number of aromatic amines is 1. The molecule has 1 saturated heterocycles. The SMILES string of the molecule is CC(C)Sc1ccc(C(=O)N2CCN(C(=O)c3cc[nH]c3)CC2)cc1. The first kappa shape index (κ1) is 17.6. The number of nitrogens with one attached hydrogen (secondary N) is 1. The minimum absolute atomic E-state index is 0.0170. The van der Waals surface area contributed by atoms with E-state index in [0.717, 1.165) is 0 Å². The first-order valence-electron chi connectivity index (χ1n) is 8.52. The maximum Gasteiger partial charge on any atom is 0.255 e. The number of carbonyl (C=O) groups is 2. The van der Waals surface area contributed by atoms with Crippen LogP contribution in [0.25, 0.3) is 0 Å². The summed E-state index contributed by atoms with van der Waals surface area (Å²) in [5, 5.41) is 0.521. The second-order valence-corrected chi connectivity index (χ2v) is 8.02. The highest BCUT2D eigenvalue weighted by molar-refractivity contribution is 7.99. The fourth-order valence-corrected chi connectivity index (χ4v) is 3.72. The number of thioether (sulfide) groups is 1. The summed E-state index contributed by atoms with van der Waals surface area (Å²) in [6, 6.07) is 9.57. The van der Waals surface area contributed by atoms with Gasteiger partial charge in [-0.1, -0.05) is 13.8 Å². The maximum atomic E-state index is 12.6. The third kappa shape index (κ3) is 4.25. The Morgan fingerprint density at radius 3 is 1.96 bits per heavy atom. The Labute approximate surface area is 152 Å². The lowest BCUT2D eigenvalue weighted by molar-refractivity contribution is 0.0535. The van der Waals surface area contributed by atoms with Gasteiger partial charge in [-0.2, -0.15) is 0 Å². The molecule has 2 aromatic rings. The third-order valence-electron chi connectivity index (χ3n) is 4.17. The summed E-state index contributed by atoms with van der Waals surface area (Å²) in [4.78, 5) is 32.7. The molecular weight excluding hydrogens is 334 g/mol. The average Bonchev–Trinajstić information content (AvgIpc) is 3.15. The van der Waals surface area contributed by atoms with E-state index in [0.29, 0.717) is 42.6 Å². The first-order valence-corrected chi connectivity index (χ1v) is 9.40. The van der Waals surface area contributed by atoms with Gasteiger partial charge in [0, 0.05) is 54.3 Å². The fraction of sp³-hybridized carbons (Fsp3) is 0.368. The van der Waals surface area contributed by atoms with Crippen molar-refractivity contribution in [2.45, 2.75) is 24.0 Å². The van der Waals surface area contributed by atoms with Gasteiger partial charge < -0.3 is 14.8 Å². The molecular formula is C19H23N3O2S. The van der Waals surface area contributed by atoms with Crippen LogP contribution in [0.1, 0.15) is 34.6 Å². The lowest BCUT2D eigenvalue weighted by Gasteiger charge is -2.34. The molecule has 1 aliphatic rings. The van der Waals surface area contributed by atoms with Gasteiger partial charge in [0.15, 0.2) is 0 Å². The maximum absolute atomic E-state index is 12.6. The lowest BCUT2D eigenvalue weighted by Crippen LogP contribution is -2.50. The van der Waals surface area contributed by atoms with Gasteiger partial charge in [-0.15, -0.1) is 11.8 Å². The molecule has 0 spiro atoms. The molecule has 3 rings (SSSR count). The van der Waals surface area contributed by atoms with Gasteiger partial charge in [0.25, 0.3) is 11.8 Å². The Morgan fingerprint density at radius 1 is 0.920 bits per heavy atom. The molecule has 132 valence electrons. The highest BCUT2D eigenvalue weighted by Crippen LogP contribution is 2.23. The molecule has 0 unspecified atom stereocenters. The van der Waals surface area contributed by atoms with Crippen molar-refractivity contribution < 1.29 is 9.59 Å². The van der Waals surface area contributed by atoms with Crippen molar-refractivity contribution in [2.24, 2.45) is 0 Å². The van der Waals surface area contributed by atoms with Crippen LogP contribution in [-0.2, 0) is 0 Å². The van der Waals surface area contributed by atoms with Crippen LogP contribution in [0.15, 0.2) is 47.6 Å². The highest BCUT2D eigenvalue weighted by atomic mass is 32.2. The van der Waals surface area contributed by atoms with Gasteiger partial charge in [-0.3, -0.25) is 9.59 Å². The largest absolute Gasteiger partial charge is 0.367 e. The van der Waals surface area contributed by atoms with Crippen LogP contribution < -0.4 is 0 Å². The van der Waals surface area contributed by atoms with Crippen molar-refractivity contribution in [3.63, 3.8) is 0 Å². The third-order valence-corrected chi connectivity index (χ3v) is 5.19. The van der Waals surface area contributed by atoms with E-state index >= 15 is 0 Å². The van der Waals surface area contributed by atoms with Crippen LogP contribution >= 0.6 is 11.8 Å². The molecule has 1 aliphatic heterocycles. The Morgan fingerprint density at radius 2 is 1.48 bits per heavy atom. The number of piperazine rings is 1. The number of carbonyl (C=O) groups excluding carboxylic acids is 2. The van der Waals surface area contributed by atoms with Crippen molar-refractivity contribution >= 4 is 23.6 Å². The predicted molar refractivity (Wildman–Crippen MR) is 100 cm³/mol. The summed E-state index contributed by atoms with van der Waals surface area (Å²) < 4.78 is 0. The summed E-state index contributed by atoms with van der Waals surface area (Å²) >= 11 is 1.78. The second kappa shape index (κ2) is 7.78. The van der Waals surface area contributed by atoms with Gasteiger partial charge in [0.2, 0.25) is 0 Å². The van der Waals surface area contributed by atoms with Crippen LogP contribution in [0.4, 0.5) is 0 Å². The molecule has 1 aromatic carbocycles. The van der Waals surface area contributed by atoms with Crippen LogP contribution in [0.2, 0.25) is 0 Å². The molecule has 0 radical (unpaired) electrons. The predicted octanol–water partition coefficient (Wildman–Crippen LogP) is 3.11. The van der Waals surface area contributed by atoms with E-state index in [1.165, 1.54) is 4.90 Å². The number of benzene rings is 1. The second-order valence-electron chi connectivity index (χ2n) is 6.38. The molecule has 1 N–H and O–H groups in total. The number of nitrogens with zero attached hydrogens (tertiary/aromatic N) is 2. The molecule has 1 aromatic heterocycles. The van der Waals surface area contributed by atoms with Crippen LogP contribution in [-0.4, -0.2) is 58.0 Å². The topological polar surface area (TPSA) is 56.4 Å². The molecule has 2 heterocycles. The molecule has 6 heteroatoms. The van der Waals surface area contributed by atoms with Gasteiger partial charge in [0.05, 0.1) is 5.56 Å². The van der Waals surface area contributed by atoms with Crippen molar-refractivity contribution in [1.82, 2.24) is 14.8 Å². The van der Waals surface area contributed by atoms with Crippen LogP contribution in [0.5, 0.6) is 0 Å². The van der Waals surface area contributed by atoms with Crippen molar-refractivity contribution in [1.29, 1.82) is 0 Å². The summed E-state index contributed by atoms with van der Waals surface area (Å²) in [7, 11) is 0. The molecule has 2 amide bonds. The van der Waals surface area contributed by atoms with E-state index in [2.05, 4.69) is 18.8 Å². The number of amides is 2. The Kier molecular flexibility index (Phi) is 5.48. The first-order chi connectivity index (χ1) is 12.0. The van der Waals surface area contributed by atoms with E-state index < -0.39 is 0 Å². The Hall–Kier alpha value is -2.21. The van der Waals surface area contributed by atoms with Crippen molar-refractivity contribution in [3.8, 4) is 0 Å². The Bertz CT molecular complexity index is 718. The quantitative estimate of drug-likeness (QED) is 0.856. The van der Waals surface area contributed by atoms with Crippen molar-refractivity contribution in [3.05, 3.63) is 53.9 Å². The molecule has 5 nitrogen and oxygen atoms in total. The minimum Gasteiger partial charge on any atom is -0.367 e. The number of rotatable bonds is 4. The standard InChI is InChI=1S/C19H23N3O2S/c1-14(2)25-17-5-3-15(4-6-17)18(23)21-9-11-22(12-10-21)19(24)16-7-8-20-13-16/h3-8,13-14,20H,9-12H2,1-2H3. The summed E-state index contributed by atoms with van der Waals surface area (Å²) in [6.45, 7) is 6.57. The molecule has 25 heavy (non-hydrogen) atoms. The highest BCUT2D eigenvalue weighted by Gasteiger charge is 2.25. The zero-order chi connectivity index (χ0) is 17.8. The van der Waals surface area contributed by atoms with Gasteiger partial charge in [-0.25, -0.2) is 0 Å². The van der Waals surface area contributed by atoms with Crippen LogP contribution in [0, 0.1) is 0 Å². The monoisotopic (exact) mass is 357 g/mol. The molecule has 0 aliphatic carbocycles. The zero-order valence-corrected chi connectivity index (χ0v) is 15.4. The molecule has 0 atom stereocenters.